The standard InChI is InChI=1S/C17H21N3O/c1-12(8-9-14-6-4-3-5-7-14)20-17(21)15-10-13(2)19-16(18)11-15/h3-7,10-12H,8-9H2,1-2H3,(H2,18,19)(H,20,21). The number of hydrogen-bond acceptors (Lipinski definition) is 3. The topological polar surface area (TPSA) is 68.0 Å². The molecule has 110 valence electrons. The molecule has 0 saturated heterocycles. The van der Waals surface area contributed by atoms with E-state index in [2.05, 4.69) is 22.4 Å². The summed E-state index contributed by atoms with van der Waals surface area (Å²) in [5.74, 6) is 0.268. The fraction of sp³-hybridized carbons (Fsp3) is 0.294. The summed E-state index contributed by atoms with van der Waals surface area (Å²) in [6.45, 7) is 3.84. The van der Waals surface area contributed by atoms with Crippen LogP contribution in [0, 0.1) is 6.92 Å². The van der Waals surface area contributed by atoms with Crippen molar-refractivity contribution in [3.8, 4) is 0 Å². The van der Waals surface area contributed by atoms with Crippen LogP contribution in [0.15, 0.2) is 42.5 Å². The van der Waals surface area contributed by atoms with E-state index >= 15 is 0 Å². The Morgan fingerprint density at radius 1 is 1.29 bits per heavy atom. The minimum absolute atomic E-state index is 0.104. The molecule has 0 aliphatic heterocycles. The number of nitrogens with zero attached hydrogens (tertiary/aromatic N) is 1. The third-order valence-electron chi connectivity index (χ3n) is 3.32. The first kappa shape index (κ1) is 15.0. The van der Waals surface area contributed by atoms with Gasteiger partial charge in [0.25, 0.3) is 5.91 Å². The van der Waals surface area contributed by atoms with Gasteiger partial charge in [-0.25, -0.2) is 4.98 Å². The molecule has 1 aromatic heterocycles. The van der Waals surface area contributed by atoms with Gasteiger partial charge in [0, 0.05) is 17.3 Å². The van der Waals surface area contributed by atoms with Crippen molar-refractivity contribution in [2.75, 3.05) is 5.73 Å². The zero-order chi connectivity index (χ0) is 15.2. The largest absolute Gasteiger partial charge is 0.384 e. The van der Waals surface area contributed by atoms with Gasteiger partial charge in [0.15, 0.2) is 0 Å². The maximum atomic E-state index is 12.2. The number of aromatic nitrogens is 1. The van der Waals surface area contributed by atoms with Crippen LogP contribution in [0.4, 0.5) is 5.82 Å². The van der Waals surface area contributed by atoms with Crippen LogP contribution in [0.2, 0.25) is 0 Å². The monoisotopic (exact) mass is 283 g/mol. The van der Waals surface area contributed by atoms with Gasteiger partial charge < -0.3 is 11.1 Å². The molecule has 0 bridgehead atoms. The van der Waals surface area contributed by atoms with Crippen molar-refractivity contribution in [3.05, 3.63) is 59.3 Å². The summed E-state index contributed by atoms with van der Waals surface area (Å²) >= 11 is 0. The van der Waals surface area contributed by atoms with E-state index in [1.165, 1.54) is 5.56 Å². The van der Waals surface area contributed by atoms with Crippen molar-refractivity contribution in [2.24, 2.45) is 0 Å². The van der Waals surface area contributed by atoms with Gasteiger partial charge in [-0.1, -0.05) is 30.3 Å². The van der Waals surface area contributed by atoms with Crippen LogP contribution in [0.3, 0.4) is 0 Å². The molecule has 21 heavy (non-hydrogen) atoms. The van der Waals surface area contributed by atoms with Crippen molar-refractivity contribution in [1.82, 2.24) is 10.3 Å². The quantitative estimate of drug-likeness (QED) is 0.886. The number of carbonyl (C=O) groups excluding carboxylic acids is 1. The van der Waals surface area contributed by atoms with E-state index in [0.717, 1.165) is 18.5 Å². The second kappa shape index (κ2) is 6.88. The Kier molecular flexibility index (Phi) is 4.93. The number of hydrogen-bond donors (Lipinski definition) is 2. The van der Waals surface area contributed by atoms with Gasteiger partial charge in [-0.2, -0.15) is 0 Å². The Bertz CT molecular complexity index is 590. The smallest absolute Gasteiger partial charge is 0.251 e. The van der Waals surface area contributed by atoms with E-state index in [4.69, 9.17) is 5.73 Å². The number of carbonyl (C=O) groups is 1. The molecule has 4 nitrogen and oxygen atoms in total. The Balaban J connectivity index is 1.90. The van der Waals surface area contributed by atoms with Crippen molar-refractivity contribution >= 4 is 11.7 Å². The molecule has 3 N–H and O–H groups in total. The molecule has 4 heteroatoms. The van der Waals surface area contributed by atoms with Crippen molar-refractivity contribution in [2.45, 2.75) is 32.7 Å². The Labute approximate surface area is 125 Å². The molecule has 0 aliphatic rings. The van der Waals surface area contributed by atoms with Gasteiger partial charge >= 0.3 is 0 Å². The molecule has 1 atom stereocenters. The van der Waals surface area contributed by atoms with Gasteiger partial charge in [-0.05, 0) is 44.4 Å². The molecular formula is C17H21N3O. The first-order valence-electron chi connectivity index (χ1n) is 7.13. The lowest BCUT2D eigenvalue weighted by atomic mass is 10.1. The van der Waals surface area contributed by atoms with Crippen LogP contribution in [0.25, 0.3) is 0 Å². The lowest BCUT2D eigenvalue weighted by Crippen LogP contribution is -2.33. The summed E-state index contributed by atoms with van der Waals surface area (Å²) < 4.78 is 0. The Hall–Kier alpha value is -2.36. The summed E-state index contributed by atoms with van der Waals surface area (Å²) in [7, 11) is 0. The fourth-order valence-corrected chi connectivity index (χ4v) is 2.23. The third-order valence-corrected chi connectivity index (χ3v) is 3.32. The molecule has 1 aromatic carbocycles. The number of pyridine rings is 1. The highest BCUT2D eigenvalue weighted by molar-refractivity contribution is 5.95. The molecule has 2 aromatic rings. The second-order valence-corrected chi connectivity index (χ2v) is 5.32. The predicted octanol–water partition coefficient (Wildman–Crippen LogP) is 2.72. The number of amides is 1. The summed E-state index contributed by atoms with van der Waals surface area (Å²) in [4.78, 5) is 16.2. The summed E-state index contributed by atoms with van der Waals surface area (Å²) in [5, 5.41) is 3.00. The highest BCUT2D eigenvalue weighted by atomic mass is 16.1. The van der Waals surface area contributed by atoms with Crippen LogP contribution in [-0.4, -0.2) is 16.9 Å². The van der Waals surface area contributed by atoms with Crippen LogP contribution < -0.4 is 11.1 Å². The number of nitrogens with one attached hydrogen (secondary N) is 1. The zero-order valence-corrected chi connectivity index (χ0v) is 12.5. The summed E-state index contributed by atoms with van der Waals surface area (Å²) in [6.07, 6.45) is 1.84. The Morgan fingerprint density at radius 3 is 2.67 bits per heavy atom. The number of aryl methyl sites for hydroxylation is 2. The molecule has 1 unspecified atom stereocenters. The number of benzene rings is 1. The summed E-state index contributed by atoms with van der Waals surface area (Å²) in [6, 6.07) is 13.7. The van der Waals surface area contributed by atoms with Crippen LogP contribution in [0.1, 0.15) is 35.0 Å². The minimum Gasteiger partial charge on any atom is -0.384 e. The van der Waals surface area contributed by atoms with E-state index in [0.29, 0.717) is 11.4 Å². The molecule has 1 amide bonds. The van der Waals surface area contributed by atoms with E-state index in [1.807, 2.05) is 32.0 Å². The zero-order valence-electron chi connectivity index (χ0n) is 12.5. The van der Waals surface area contributed by atoms with Crippen LogP contribution >= 0.6 is 0 Å². The molecular weight excluding hydrogens is 262 g/mol. The lowest BCUT2D eigenvalue weighted by molar-refractivity contribution is 0.0938. The molecule has 2 rings (SSSR count). The highest BCUT2D eigenvalue weighted by Gasteiger charge is 2.11. The predicted molar refractivity (Wildman–Crippen MR) is 85.1 cm³/mol. The van der Waals surface area contributed by atoms with Crippen molar-refractivity contribution < 1.29 is 4.79 Å². The van der Waals surface area contributed by atoms with Gasteiger partial charge in [0.05, 0.1) is 0 Å². The third kappa shape index (κ3) is 4.60. The summed E-state index contributed by atoms with van der Waals surface area (Å²) in [5.41, 5.74) is 8.26. The van der Waals surface area contributed by atoms with Crippen LogP contribution in [0.5, 0.6) is 0 Å². The average Bonchev–Trinajstić information content (AvgIpc) is 2.45. The first-order chi connectivity index (χ1) is 10.0. The van der Waals surface area contributed by atoms with Gasteiger partial charge in [-0.3, -0.25) is 4.79 Å². The maximum Gasteiger partial charge on any atom is 0.251 e. The maximum absolute atomic E-state index is 12.2. The molecule has 0 spiro atoms. The highest BCUT2D eigenvalue weighted by Crippen LogP contribution is 2.09. The van der Waals surface area contributed by atoms with Gasteiger partial charge in [-0.15, -0.1) is 0 Å². The number of rotatable bonds is 5. The second-order valence-electron chi connectivity index (χ2n) is 5.32. The molecule has 0 fully saturated rings. The normalized spacial score (nSPS) is 11.9. The molecule has 0 radical (unpaired) electrons. The van der Waals surface area contributed by atoms with Crippen LogP contribution in [-0.2, 0) is 6.42 Å². The average molecular weight is 283 g/mol. The minimum atomic E-state index is -0.104. The Morgan fingerprint density at radius 2 is 2.00 bits per heavy atom. The van der Waals surface area contributed by atoms with E-state index in [9.17, 15) is 4.79 Å². The number of anilines is 1. The van der Waals surface area contributed by atoms with E-state index < -0.39 is 0 Å². The molecule has 1 heterocycles. The number of nitrogen functional groups attached to an aromatic ring is 1. The van der Waals surface area contributed by atoms with Gasteiger partial charge in [0.2, 0.25) is 0 Å². The molecule has 0 aliphatic carbocycles. The fourth-order valence-electron chi connectivity index (χ4n) is 2.23. The van der Waals surface area contributed by atoms with E-state index in [1.54, 1.807) is 12.1 Å². The molecule has 0 saturated carbocycles. The lowest BCUT2D eigenvalue weighted by Gasteiger charge is -2.14. The van der Waals surface area contributed by atoms with Gasteiger partial charge in [0.1, 0.15) is 5.82 Å². The first-order valence-corrected chi connectivity index (χ1v) is 7.13. The van der Waals surface area contributed by atoms with Crippen molar-refractivity contribution in [3.63, 3.8) is 0 Å². The SMILES string of the molecule is Cc1cc(C(=O)NC(C)CCc2ccccc2)cc(N)n1. The van der Waals surface area contributed by atoms with Crippen molar-refractivity contribution in [1.29, 1.82) is 0 Å². The van der Waals surface area contributed by atoms with E-state index in [-0.39, 0.29) is 11.9 Å². The number of nitrogens with two attached hydrogens (primary N) is 1.